The summed E-state index contributed by atoms with van der Waals surface area (Å²) in [7, 11) is 0. The molecule has 13 rings (SSSR count). The fourth-order valence-corrected chi connectivity index (χ4v) is 14.5. The van der Waals surface area contributed by atoms with Crippen molar-refractivity contribution < 1.29 is 0 Å². The summed E-state index contributed by atoms with van der Waals surface area (Å²) in [5, 5.41) is 0. The van der Waals surface area contributed by atoms with Gasteiger partial charge < -0.3 is 14.7 Å². The van der Waals surface area contributed by atoms with Gasteiger partial charge in [0.05, 0.1) is 11.1 Å². The van der Waals surface area contributed by atoms with Crippen molar-refractivity contribution in [3.8, 4) is 22.3 Å². The largest absolute Gasteiger partial charge is 0.335 e. The van der Waals surface area contributed by atoms with Crippen LogP contribution in [-0.4, -0.2) is 17.8 Å². The van der Waals surface area contributed by atoms with Crippen molar-refractivity contribution in [2.75, 3.05) is 14.7 Å². The maximum Gasteiger partial charge on any atom is 0.252 e. The standard InChI is InChI=1S/C62H62BN3/c1-58(2,3)45-28-32-52-49(38-45)60(5)34-15-16-35-61(60,6)65(52)47-39-54-56-55(40-47)66-57-48(59(4)33-14-17-36-62(59,66)7)23-18-24-50(57)63(56)51-37-44(42-21-12-9-13-22-42)27-31-53(51)64(54)46-29-25-43(26-30-46)41-19-10-8-11-20-41/h8-13,18-32,37-40H,14-17,33-36H2,1-7H3. The van der Waals surface area contributed by atoms with E-state index in [1.165, 1.54) is 141 Å². The molecule has 2 aliphatic carbocycles. The van der Waals surface area contributed by atoms with Gasteiger partial charge in [0.1, 0.15) is 0 Å². The van der Waals surface area contributed by atoms with E-state index in [1.54, 1.807) is 5.56 Å². The number of para-hydroxylation sites is 1. The van der Waals surface area contributed by atoms with Crippen LogP contribution < -0.4 is 31.1 Å². The van der Waals surface area contributed by atoms with Gasteiger partial charge in [0.25, 0.3) is 6.71 Å². The average molecular weight is 860 g/mol. The van der Waals surface area contributed by atoms with Gasteiger partial charge in [-0.05, 0) is 137 Å². The molecule has 0 spiro atoms. The molecule has 3 nitrogen and oxygen atoms in total. The first-order valence-corrected chi connectivity index (χ1v) is 25.1. The minimum Gasteiger partial charge on any atom is -0.335 e. The Morgan fingerprint density at radius 2 is 1.02 bits per heavy atom. The minimum absolute atomic E-state index is 0.0201. The molecular formula is C62H62BN3. The van der Waals surface area contributed by atoms with E-state index in [0.29, 0.717) is 0 Å². The molecule has 4 unspecified atom stereocenters. The topological polar surface area (TPSA) is 9.72 Å². The predicted molar refractivity (Wildman–Crippen MR) is 281 cm³/mol. The van der Waals surface area contributed by atoms with Crippen LogP contribution in [0.25, 0.3) is 22.3 Å². The summed E-state index contributed by atoms with van der Waals surface area (Å²) in [5.41, 5.74) is 23.2. The second-order valence-corrected chi connectivity index (χ2v) is 22.7. The molecule has 4 atom stereocenters. The lowest BCUT2D eigenvalue weighted by Crippen LogP contribution is -2.64. The first-order valence-electron chi connectivity index (χ1n) is 25.1. The van der Waals surface area contributed by atoms with Crippen LogP contribution in [0.5, 0.6) is 0 Å². The highest BCUT2D eigenvalue weighted by molar-refractivity contribution is 7.00. The Morgan fingerprint density at radius 3 is 1.70 bits per heavy atom. The van der Waals surface area contributed by atoms with E-state index in [9.17, 15) is 0 Å². The van der Waals surface area contributed by atoms with Gasteiger partial charge in [0.2, 0.25) is 0 Å². The van der Waals surface area contributed by atoms with Crippen molar-refractivity contribution in [1.82, 2.24) is 0 Å². The Balaban J connectivity index is 1.12. The summed E-state index contributed by atoms with van der Waals surface area (Å²) in [5.74, 6) is 0. The van der Waals surface area contributed by atoms with Crippen molar-refractivity contribution in [1.29, 1.82) is 0 Å². The SMILES string of the molecule is CC(C)(C)c1ccc2c(c1)C1(C)CCCCC1(C)N2c1cc2c3c(c1)N1c4c(cccc4C4(C)CCCCC14C)B3c1cc(-c3ccccc3)ccc1N2c1ccc(-c2ccccc2)cc1. The monoisotopic (exact) mass is 860 g/mol. The van der Waals surface area contributed by atoms with Crippen LogP contribution in [0.15, 0.2) is 152 Å². The molecule has 2 fully saturated rings. The van der Waals surface area contributed by atoms with E-state index >= 15 is 0 Å². The quantitative estimate of drug-likeness (QED) is 0.163. The molecule has 0 radical (unpaired) electrons. The number of rotatable bonds is 4. The summed E-state index contributed by atoms with van der Waals surface area (Å²) in [6, 6.07) is 58.9. The molecule has 2 saturated carbocycles. The third-order valence-corrected chi connectivity index (χ3v) is 18.5. The summed E-state index contributed by atoms with van der Waals surface area (Å²) >= 11 is 0. The molecule has 0 bridgehead atoms. The number of benzene rings is 7. The van der Waals surface area contributed by atoms with Gasteiger partial charge in [0.15, 0.2) is 0 Å². The maximum atomic E-state index is 2.92. The van der Waals surface area contributed by atoms with Crippen LogP contribution in [0.1, 0.15) is 117 Å². The third kappa shape index (κ3) is 5.22. The van der Waals surface area contributed by atoms with E-state index in [1.807, 2.05) is 0 Å². The molecule has 0 saturated heterocycles. The lowest BCUT2D eigenvalue weighted by Gasteiger charge is -2.53. The van der Waals surface area contributed by atoms with Crippen molar-refractivity contribution in [3.05, 3.63) is 168 Å². The second-order valence-electron chi connectivity index (χ2n) is 22.7. The van der Waals surface area contributed by atoms with Crippen LogP contribution >= 0.6 is 0 Å². The molecule has 7 aromatic rings. The summed E-state index contributed by atoms with van der Waals surface area (Å²) < 4.78 is 0. The van der Waals surface area contributed by atoms with Crippen molar-refractivity contribution >= 4 is 62.9 Å². The average Bonchev–Trinajstić information content (AvgIpc) is 3.68. The van der Waals surface area contributed by atoms with Gasteiger partial charge in [-0.3, -0.25) is 0 Å². The van der Waals surface area contributed by atoms with Crippen molar-refractivity contribution in [2.24, 2.45) is 0 Å². The zero-order valence-electron chi connectivity index (χ0n) is 40.0. The van der Waals surface area contributed by atoms with Gasteiger partial charge in [-0.2, -0.15) is 0 Å². The van der Waals surface area contributed by atoms with Gasteiger partial charge in [-0.1, -0.05) is 176 Å². The van der Waals surface area contributed by atoms with Crippen LogP contribution in [0.3, 0.4) is 0 Å². The Kier molecular flexibility index (Phi) is 8.42. The Labute approximate surface area is 393 Å². The number of nitrogens with zero attached hydrogens (tertiary/aromatic N) is 3. The lowest BCUT2D eigenvalue weighted by atomic mass is 9.33. The fraction of sp³-hybridized carbons (Fsp3) is 0.323. The smallest absolute Gasteiger partial charge is 0.252 e. The molecule has 0 N–H and O–H groups in total. The molecule has 4 heterocycles. The summed E-state index contributed by atoms with van der Waals surface area (Å²) in [4.78, 5) is 8.41. The molecule has 328 valence electrons. The first kappa shape index (κ1) is 40.3. The molecule has 0 aromatic heterocycles. The molecule has 4 aliphatic heterocycles. The van der Waals surface area contributed by atoms with Gasteiger partial charge >= 0.3 is 0 Å². The van der Waals surface area contributed by atoms with Crippen LogP contribution in [0.4, 0.5) is 39.8 Å². The van der Waals surface area contributed by atoms with Crippen LogP contribution in [-0.2, 0) is 16.2 Å². The molecule has 7 aromatic carbocycles. The molecular weight excluding hydrogens is 798 g/mol. The zero-order valence-corrected chi connectivity index (χ0v) is 40.0. The van der Waals surface area contributed by atoms with E-state index in [-0.39, 0.29) is 34.0 Å². The zero-order chi connectivity index (χ0) is 45.0. The van der Waals surface area contributed by atoms with E-state index in [4.69, 9.17) is 0 Å². The van der Waals surface area contributed by atoms with Crippen molar-refractivity contribution in [2.45, 2.75) is 127 Å². The van der Waals surface area contributed by atoms with Crippen LogP contribution in [0, 0.1) is 0 Å². The number of anilines is 7. The highest BCUT2D eigenvalue weighted by atomic mass is 15.3. The molecule has 0 amide bonds. The van der Waals surface area contributed by atoms with E-state index in [2.05, 4.69) is 215 Å². The van der Waals surface area contributed by atoms with Gasteiger partial charge in [-0.15, -0.1) is 0 Å². The third-order valence-electron chi connectivity index (χ3n) is 18.5. The summed E-state index contributed by atoms with van der Waals surface area (Å²) in [6.45, 7) is 17.6. The highest BCUT2D eigenvalue weighted by Gasteiger charge is 2.62. The predicted octanol–water partition coefficient (Wildman–Crippen LogP) is 14.4. The number of hydrogen-bond donors (Lipinski definition) is 0. The maximum absolute atomic E-state index is 2.92. The van der Waals surface area contributed by atoms with Gasteiger partial charge in [0, 0.05) is 50.6 Å². The molecule has 4 heteroatoms. The van der Waals surface area contributed by atoms with Crippen molar-refractivity contribution in [3.63, 3.8) is 0 Å². The van der Waals surface area contributed by atoms with E-state index in [0.717, 1.165) is 0 Å². The summed E-state index contributed by atoms with van der Waals surface area (Å²) in [6.07, 6.45) is 9.82. The van der Waals surface area contributed by atoms with Crippen LogP contribution in [0.2, 0.25) is 0 Å². The Bertz CT molecular complexity index is 3110. The molecule has 66 heavy (non-hydrogen) atoms. The second kappa shape index (κ2) is 13.8. The lowest BCUT2D eigenvalue weighted by molar-refractivity contribution is 0.194. The minimum atomic E-state index is -0.0875. The highest BCUT2D eigenvalue weighted by Crippen LogP contribution is 2.65. The van der Waals surface area contributed by atoms with Gasteiger partial charge in [-0.25, -0.2) is 0 Å². The molecule has 6 aliphatic rings. The normalized spacial score (nSPS) is 25.4. The van der Waals surface area contributed by atoms with E-state index < -0.39 is 0 Å². The Morgan fingerprint density at radius 1 is 0.439 bits per heavy atom. The number of fused-ring (bicyclic) bond motifs is 10. The fourth-order valence-electron chi connectivity index (χ4n) is 14.5. The number of hydrogen-bond acceptors (Lipinski definition) is 3. The Hall–Kier alpha value is -6.00. The first-order chi connectivity index (χ1) is 31.8.